The summed E-state index contributed by atoms with van der Waals surface area (Å²) in [6.07, 6.45) is 0. The Morgan fingerprint density at radius 3 is 2.83 bits per heavy atom. The van der Waals surface area contributed by atoms with Gasteiger partial charge in [0.1, 0.15) is 0 Å². The molecule has 4 heteroatoms. The van der Waals surface area contributed by atoms with Crippen molar-refractivity contribution < 1.29 is 10.2 Å². The van der Waals surface area contributed by atoms with Gasteiger partial charge in [0.15, 0.2) is 0 Å². The van der Waals surface area contributed by atoms with E-state index in [1.807, 2.05) is 7.05 Å². The smallest absolute Gasteiger partial charge is 0.0949 e. The van der Waals surface area contributed by atoms with Crippen LogP contribution in [0.4, 0.5) is 0 Å². The van der Waals surface area contributed by atoms with E-state index in [9.17, 15) is 5.11 Å². The molecule has 0 spiro atoms. The highest BCUT2D eigenvalue weighted by molar-refractivity contribution is 4.78. The molecule has 71 valence electrons. The molecule has 0 aromatic carbocycles. The van der Waals surface area contributed by atoms with Crippen molar-refractivity contribution >= 4 is 0 Å². The maximum absolute atomic E-state index is 10.4. The second-order valence-corrected chi connectivity index (χ2v) is 3.32. The minimum atomic E-state index is -0.0398. The molecule has 1 radical (unpaired) electrons. The zero-order chi connectivity index (χ0) is 8.97. The second-order valence-electron chi connectivity index (χ2n) is 3.32. The number of nitrogens with zero attached hydrogens (tertiary/aromatic N) is 2. The molecular formula is C8H17N2O2. The third kappa shape index (κ3) is 2.42. The lowest BCUT2D eigenvalue weighted by Crippen LogP contribution is -2.53. The van der Waals surface area contributed by atoms with Gasteiger partial charge in [0, 0.05) is 32.2 Å². The molecule has 0 aromatic rings. The molecule has 1 saturated heterocycles. The van der Waals surface area contributed by atoms with Crippen molar-refractivity contribution in [3.8, 4) is 0 Å². The summed E-state index contributed by atoms with van der Waals surface area (Å²) in [7, 11) is 2.01. The van der Waals surface area contributed by atoms with Crippen molar-refractivity contribution in [1.29, 1.82) is 0 Å². The van der Waals surface area contributed by atoms with Crippen molar-refractivity contribution in [2.24, 2.45) is 0 Å². The summed E-state index contributed by atoms with van der Waals surface area (Å²) in [5.74, 6) is 0. The van der Waals surface area contributed by atoms with E-state index in [-0.39, 0.29) is 19.3 Å². The number of hydrogen-bond acceptors (Lipinski definition) is 3. The van der Waals surface area contributed by atoms with E-state index >= 15 is 0 Å². The molecule has 1 unspecified atom stereocenters. The van der Waals surface area contributed by atoms with Gasteiger partial charge in [-0.05, 0) is 7.05 Å². The molecule has 0 amide bonds. The Bertz CT molecular complexity index is 132. The lowest BCUT2D eigenvalue weighted by Gasteiger charge is -2.38. The SMILES string of the molecule is CN1CCN(CC[O])CC1CO. The van der Waals surface area contributed by atoms with Gasteiger partial charge < -0.3 is 5.11 Å². The van der Waals surface area contributed by atoms with Gasteiger partial charge in [-0.3, -0.25) is 9.80 Å². The van der Waals surface area contributed by atoms with Crippen molar-refractivity contribution in [1.82, 2.24) is 9.80 Å². The van der Waals surface area contributed by atoms with E-state index in [1.54, 1.807) is 0 Å². The largest absolute Gasteiger partial charge is 0.395 e. The van der Waals surface area contributed by atoms with Crippen molar-refractivity contribution in [2.45, 2.75) is 6.04 Å². The van der Waals surface area contributed by atoms with Crippen LogP contribution in [0.2, 0.25) is 0 Å². The molecule has 1 fully saturated rings. The fourth-order valence-corrected chi connectivity index (χ4v) is 1.54. The predicted molar refractivity (Wildman–Crippen MR) is 45.5 cm³/mol. The molecule has 1 rings (SSSR count). The molecule has 4 nitrogen and oxygen atoms in total. The normalized spacial score (nSPS) is 27.8. The Hall–Kier alpha value is -0.160. The average molecular weight is 173 g/mol. The molecule has 0 aromatic heterocycles. The Morgan fingerprint density at radius 2 is 2.25 bits per heavy atom. The summed E-state index contributed by atoms with van der Waals surface area (Å²) in [4.78, 5) is 4.26. The first-order chi connectivity index (χ1) is 5.77. The molecule has 1 N–H and O–H groups in total. The number of aliphatic hydroxyl groups excluding tert-OH is 1. The van der Waals surface area contributed by atoms with E-state index in [0.717, 1.165) is 19.6 Å². The van der Waals surface area contributed by atoms with Crippen LogP contribution in [0, 0.1) is 0 Å². The highest BCUT2D eigenvalue weighted by Crippen LogP contribution is 2.05. The van der Waals surface area contributed by atoms with E-state index in [2.05, 4.69) is 9.80 Å². The maximum atomic E-state index is 10.4. The minimum Gasteiger partial charge on any atom is -0.395 e. The van der Waals surface area contributed by atoms with Gasteiger partial charge in [-0.25, -0.2) is 5.11 Å². The van der Waals surface area contributed by atoms with E-state index < -0.39 is 0 Å². The summed E-state index contributed by atoms with van der Waals surface area (Å²) >= 11 is 0. The summed E-state index contributed by atoms with van der Waals surface area (Å²) in [6.45, 7) is 3.49. The van der Waals surface area contributed by atoms with Gasteiger partial charge in [-0.1, -0.05) is 0 Å². The van der Waals surface area contributed by atoms with Gasteiger partial charge >= 0.3 is 0 Å². The monoisotopic (exact) mass is 173 g/mol. The van der Waals surface area contributed by atoms with Crippen LogP contribution in [0.25, 0.3) is 0 Å². The Balaban J connectivity index is 2.33. The molecular weight excluding hydrogens is 156 g/mol. The first-order valence-electron chi connectivity index (χ1n) is 4.39. The van der Waals surface area contributed by atoms with Crippen molar-refractivity contribution in [3.63, 3.8) is 0 Å². The molecule has 0 bridgehead atoms. The lowest BCUT2D eigenvalue weighted by molar-refractivity contribution is 0.0415. The number of piperazine rings is 1. The van der Waals surface area contributed by atoms with Gasteiger partial charge in [-0.15, -0.1) is 0 Å². The molecule has 0 aliphatic carbocycles. The summed E-state index contributed by atoms with van der Waals surface area (Å²) < 4.78 is 0. The highest BCUT2D eigenvalue weighted by atomic mass is 16.3. The molecule has 1 aliphatic rings. The van der Waals surface area contributed by atoms with Gasteiger partial charge in [-0.2, -0.15) is 0 Å². The first kappa shape index (κ1) is 9.92. The van der Waals surface area contributed by atoms with E-state index in [4.69, 9.17) is 5.11 Å². The highest BCUT2D eigenvalue weighted by Gasteiger charge is 2.22. The Kier molecular flexibility index (Phi) is 3.94. The maximum Gasteiger partial charge on any atom is 0.0949 e. The number of hydrogen-bond donors (Lipinski definition) is 1. The van der Waals surface area contributed by atoms with Crippen molar-refractivity contribution in [3.05, 3.63) is 0 Å². The van der Waals surface area contributed by atoms with Crippen LogP contribution in [-0.2, 0) is 5.11 Å². The first-order valence-corrected chi connectivity index (χ1v) is 4.39. The third-order valence-corrected chi connectivity index (χ3v) is 2.48. The summed E-state index contributed by atoms with van der Waals surface area (Å²) in [6, 6.07) is 0.213. The fourth-order valence-electron chi connectivity index (χ4n) is 1.54. The van der Waals surface area contributed by atoms with Crippen LogP contribution in [-0.4, -0.2) is 67.4 Å². The lowest BCUT2D eigenvalue weighted by atomic mass is 10.2. The Morgan fingerprint density at radius 1 is 1.50 bits per heavy atom. The number of aliphatic hydroxyl groups is 1. The summed E-state index contributed by atoms with van der Waals surface area (Å²) in [5, 5.41) is 19.4. The second kappa shape index (κ2) is 4.77. The van der Waals surface area contributed by atoms with E-state index in [1.165, 1.54) is 0 Å². The van der Waals surface area contributed by atoms with Crippen molar-refractivity contribution in [2.75, 3.05) is 46.4 Å². The number of likely N-dealkylation sites (N-methyl/N-ethyl adjacent to an activating group) is 1. The standard InChI is InChI=1S/C8H17N2O2/c1-9-2-3-10(4-5-11)6-8(9)7-12/h8,12H,2-7H2,1H3. The van der Waals surface area contributed by atoms with Crippen LogP contribution in [0.1, 0.15) is 0 Å². The predicted octanol–water partition coefficient (Wildman–Crippen LogP) is -0.975. The van der Waals surface area contributed by atoms with Gasteiger partial charge in [0.25, 0.3) is 0 Å². The molecule has 0 saturated carbocycles. The van der Waals surface area contributed by atoms with Crippen LogP contribution in [0.15, 0.2) is 0 Å². The molecule has 1 aliphatic heterocycles. The van der Waals surface area contributed by atoms with Gasteiger partial charge in [0.05, 0.1) is 13.2 Å². The van der Waals surface area contributed by atoms with Gasteiger partial charge in [0.2, 0.25) is 0 Å². The summed E-state index contributed by atoms with van der Waals surface area (Å²) in [5.41, 5.74) is 0. The van der Waals surface area contributed by atoms with Crippen LogP contribution in [0.5, 0.6) is 0 Å². The topological polar surface area (TPSA) is 46.6 Å². The van der Waals surface area contributed by atoms with Crippen LogP contribution < -0.4 is 0 Å². The van der Waals surface area contributed by atoms with E-state index in [0.29, 0.717) is 6.54 Å². The minimum absolute atomic E-state index is 0.0398. The van der Waals surface area contributed by atoms with Crippen LogP contribution in [0.3, 0.4) is 0 Å². The zero-order valence-corrected chi connectivity index (χ0v) is 7.57. The molecule has 12 heavy (non-hydrogen) atoms. The quantitative estimate of drug-likeness (QED) is 0.597. The fraction of sp³-hybridized carbons (Fsp3) is 1.00. The average Bonchev–Trinajstić information content (AvgIpc) is 2.09. The molecule has 1 heterocycles. The molecule has 1 atom stereocenters. The number of rotatable bonds is 3. The Labute approximate surface area is 73.4 Å². The zero-order valence-electron chi connectivity index (χ0n) is 7.57. The third-order valence-electron chi connectivity index (χ3n) is 2.48. The van der Waals surface area contributed by atoms with Crippen LogP contribution >= 0.6 is 0 Å².